The Morgan fingerprint density at radius 2 is 2.08 bits per heavy atom. The third kappa shape index (κ3) is 3.56. The third-order valence-electron chi connectivity index (χ3n) is 1.97. The Labute approximate surface area is 75.6 Å². The maximum atomic E-state index is 3.82. The van der Waals surface area contributed by atoms with Crippen LogP contribution in [0, 0.1) is 13.0 Å². The average molecular weight is 160 g/mol. The molecule has 0 aliphatic heterocycles. The van der Waals surface area contributed by atoms with E-state index in [0.29, 0.717) is 0 Å². The van der Waals surface area contributed by atoms with Crippen molar-refractivity contribution in [3.05, 3.63) is 42.8 Å². The van der Waals surface area contributed by atoms with Crippen molar-refractivity contribution >= 4 is 0 Å². The zero-order chi connectivity index (χ0) is 8.65. The van der Waals surface area contributed by atoms with E-state index in [2.05, 4.69) is 25.1 Å². The summed E-state index contributed by atoms with van der Waals surface area (Å²) >= 11 is 0. The Morgan fingerprint density at radius 1 is 1.17 bits per heavy atom. The van der Waals surface area contributed by atoms with Crippen LogP contribution in [-0.4, -0.2) is 0 Å². The van der Waals surface area contributed by atoms with Gasteiger partial charge in [0, 0.05) is 0 Å². The molecule has 0 N–H and O–H groups in total. The summed E-state index contributed by atoms with van der Waals surface area (Å²) in [5.41, 5.74) is 1.33. The molecule has 0 nitrogen and oxygen atoms in total. The van der Waals surface area contributed by atoms with Crippen LogP contribution in [0.3, 0.4) is 0 Å². The maximum Gasteiger partial charge on any atom is -0.0149 e. The monoisotopic (exact) mass is 160 g/mol. The van der Waals surface area contributed by atoms with E-state index in [1.165, 1.54) is 31.2 Å². The lowest BCUT2D eigenvalue weighted by atomic mass is 10.1. The maximum absolute atomic E-state index is 3.82. The van der Waals surface area contributed by atoms with Crippen molar-refractivity contribution in [2.75, 3.05) is 0 Å². The van der Waals surface area contributed by atoms with Crippen LogP contribution in [0.25, 0.3) is 0 Å². The number of benzene rings is 1. The van der Waals surface area contributed by atoms with E-state index in [4.69, 9.17) is 0 Å². The Bertz CT molecular complexity index is 188. The molecule has 0 spiro atoms. The zero-order valence-corrected chi connectivity index (χ0v) is 7.55. The summed E-state index contributed by atoms with van der Waals surface area (Å²) < 4.78 is 0. The predicted molar refractivity (Wildman–Crippen MR) is 52.8 cm³/mol. The van der Waals surface area contributed by atoms with Crippen molar-refractivity contribution in [1.29, 1.82) is 0 Å². The highest BCUT2D eigenvalue weighted by Gasteiger charge is 1.91. The Kier molecular flexibility index (Phi) is 4.51. The fourth-order valence-corrected chi connectivity index (χ4v) is 1.26. The second-order valence-corrected chi connectivity index (χ2v) is 3.05. The van der Waals surface area contributed by atoms with Crippen LogP contribution in [0.1, 0.15) is 31.2 Å². The predicted octanol–water partition coefficient (Wildman–Crippen LogP) is 3.42. The van der Waals surface area contributed by atoms with Crippen LogP contribution in [0.5, 0.6) is 0 Å². The smallest absolute Gasteiger partial charge is 0.0149 e. The van der Waals surface area contributed by atoms with Gasteiger partial charge in [-0.3, -0.25) is 0 Å². The molecule has 0 saturated carbocycles. The highest BCUT2D eigenvalue weighted by Crippen LogP contribution is 2.06. The van der Waals surface area contributed by atoms with Crippen molar-refractivity contribution in [2.45, 2.75) is 32.1 Å². The Hall–Kier alpha value is -0.780. The van der Waals surface area contributed by atoms with Gasteiger partial charge >= 0.3 is 0 Å². The van der Waals surface area contributed by atoms with Crippen LogP contribution in [0.2, 0.25) is 0 Å². The first-order valence-corrected chi connectivity index (χ1v) is 4.68. The largest absolute Gasteiger partial charge is 0.0620 e. The second kappa shape index (κ2) is 5.82. The number of rotatable bonds is 5. The Morgan fingerprint density at radius 3 is 2.75 bits per heavy atom. The van der Waals surface area contributed by atoms with Gasteiger partial charge in [-0.1, -0.05) is 50.5 Å². The molecule has 0 unspecified atom stereocenters. The van der Waals surface area contributed by atoms with Gasteiger partial charge in [-0.05, 0) is 24.5 Å². The molecule has 1 aromatic rings. The molecule has 1 rings (SSSR count). The summed E-state index contributed by atoms with van der Waals surface area (Å²) in [6.45, 7) is 3.82. The molecule has 2 radical (unpaired) electrons. The summed E-state index contributed by atoms with van der Waals surface area (Å²) in [6.07, 6.45) is 6.06. The van der Waals surface area contributed by atoms with E-state index in [9.17, 15) is 0 Å². The summed E-state index contributed by atoms with van der Waals surface area (Å²) in [5.74, 6) is 0. The molecule has 0 heterocycles. The zero-order valence-electron chi connectivity index (χ0n) is 7.55. The lowest BCUT2D eigenvalue weighted by Crippen LogP contribution is -1.84. The normalized spacial score (nSPS) is 10.1. The summed E-state index contributed by atoms with van der Waals surface area (Å²) in [6, 6.07) is 11.4. The summed E-state index contributed by atoms with van der Waals surface area (Å²) in [5, 5.41) is 0. The first-order valence-electron chi connectivity index (χ1n) is 4.68. The minimum absolute atomic E-state index is 1.07. The van der Waals surface area contributed by atoms with Gasteiger partial charge in [-0.2, -0.15) is 0 Å². The van der Waals surface area contributed by atoms with Crippen molar-refractivity contribution in [1.82, 2.24) is 0 Å². The van der Waals surface area contributed by atoms with Gasteiger partial charge < -0.3 is 0 Å². The van der Waals surface area contributed by atoms with E-state index in [0.717, 1.165) is 6.42 Å². The molecule has 0 bridgehead atoms. The van der Waals surface area contributed by atoms with Crippen molar-refractivity contribution in [3.63, 3.8) is 0 Å². The van der Waals surface area contributed by atoms with Crippen molar-refractivity contribution in [2.24, 2.45) is 0 Å². The molecule has 1 aromatic carbocycles. The van der Waals surface area contributed by atoms with E-state index < -0.39 is 0 Å². The molecule has 64 valence electrons. The molecule has 0 saturated heterocycles. The van der Waals surface area contributed by atoms with Gasteiger partial charge in [0.1, 0.15) is 0 Å². The second-order valence-electron chi connectivity index (χ2n) is 3.05. The fourth-order valence-electron chi connectivity index (χ4n) is 1.26. The van der Waals surface area contributed by atoms with E-state index in [-0.39, 0.29) is 0 Å². The lowest BCUT2D eigenvalue weighted by Gasteiger charge is -1.99. The van der Waals surface area contributed by atoms with Gasteiger partial charge in [0.25, 0.3) is 0 Å². The molecular formula is C12H16. The molecule has 0 aliphatic carbocycles. The van der Waals surface area contributed by atoms with Crippen LogP contribution >= 0.6 is 0 Å². The number of unbranched alkanes of at least 4 members (excludes halogenated alkanes) is 3. The van der Waals surface area contributed by atoms with E-state index in [1.807, 2.05) is 12.1 Å². The minimum atomic E-state index is 1.07. The van der Waals surface area contributed by atoms with Crippen LogP contribution in [0.15, 0.2) is 24.3 Å². The van der Waals surface area contributed by atoms with Crippen molar-refractivity contribution < 1.29 is 0 Å². The molecule has 0 aliphatic rings. The highest BCUT2D eigenvalue weighted by atomic mass is 14.0. The quantitative estimate of drug-likeness (QED) is 0.579. The number of hydrogen-bond acceptors (Lipinski definition) is 0. The fraction of sp³-hybridized carbons (Fsp3) is 0.417. The van der Waals surface area contributed by atoms with E-state index >= 15 is 0 Å². The van der Waals surface area contributed by atoms with Crippen LogP contribution < -0.4 is 0 Å². The van der Waals surface area contributed by atoms with Crippen molar-refractivity contribution in [3.8, 4) is 0 Å². The first-order chi connectivity index (χ1) is 5.93. The minimum Gasteiger partial charge on any atom is -0.0620 e. The first kappa shape index (κ1) is 9.31. The average Bonchev–Trinajstić information content (AvgIpc) is 2.14. The standard InChI is InChI=1S/C12H16/c1-2-3-4-6-9-12-10-7-5-8-11-12/h5,7-8,10H,1-4,6,9H2. The van der Waals surface area contributed by atoms with Gasteiger partial charge in [0.05, 0.1) is 0 Å². The van der Waals surface area contributed by atoms with Gasteiger partial charge in [-0.15, -0.1) is 0 Å². The topological polar surface area (TPSA) is 0 Å². The van der Waals surface area contributed by atoms with E-state index in [1.54, 1.807) is 0 Å². The van der Waals surface area contributed by atoms with Gasteiger partial charge in [0.2, 0.25) is 0 Å². The Balaban J connectivity index is 2.16. The number of aryl methyl sites for hydroxylation is 1. The summed E-state index contributed by atoms with van der Waals surface area (Å²) in [7, 11) is 0. The molecular weight excluding hydrogens is 144 g/mol. The molecule has 0 heteroatoms. The molecule has 0 aromatic heterocycles. The summed E-state index contributed by atoms with van der Waals surface area (Å²) in [4.78, 5) is 0. The van der Waals surface area contributed by atoms with Gasteiger partial charge in [0.15, 0.2) is 0 Å². The lowest BCUT2D eigenvalue weighted by molar-refractivity contribution is 0.685. The molecule has 0 amide bonds. The molecule has 0 fully saturated rings. The third-order valence-corrected chi connectivity index (χ3v) is 1.97. The van der Waals surface area contributed by atoms with Gasteiger partial charge in [-0.25, -0.2) is 0 Å². The molecule has 12 heavy (non-hydrogen) atoms. The SMILES string of the molecule is [CH2]CCCCCc1[c]cccc1. The molecule has 0 atom stereocenters. The highest BCUT2D eigenvalue weighted by molar-refractivity contribution is 5.12. The van der Waals surface area contributed by atoms with Crippen LogP contribution in [-0.2, 0) is 6.42 Å². The number of hydrogen-bond donors (Lipinski definition) is 0. The van der Waals surface area contributed by atoms with Crippen LogP contribution in [0.4, 0.5) is 0 Å².